The first-order chi connectivity index (χ1) is 27.5. The van der Waals surface area contributed by atoms with E-state index in [9.17, 15) is 62.4 Å². The number of nitrogens with zero attached hydrogens (tertiary/aromatic N) is 2. The van der Waals surface area contributed by atoms with Crippen LogP contribution in [0.15, 0.2) is 48.6 Å². The number of alkyl halides is 6. The Balaban J connectivity index is 0.00000195. The van der Waals surface area contributed by atoms with Crippen molar-refractivity contribution in [2.24, 2.45) is 0 Å². The molecule has 1 heterocycles. The van der Waals surface area contributed by atoms with Crippen LogP contribution in [0.25, 0.3) is 4.13 Å². The van der Waals surface area contributed by atoms with E-state index >= 15 is 0 Å². The Morgan fingerprint density at radius 2 is 0.783 bits per heavy atom. The van der Waals surface area contributed by atoms with Gasteiger partial charge in [0.15, 0.2) is 20.0 Å². The number of rotatable bonds is 26. The van der Waals surface area contributed by atoms with Crippen LogP contribution >= 0.6 is 0 Å². The maximum atomic E-state index is 11.8. The molecule has 2 atom stereocenters. The lowest BCUT2D eigenvalue weighted by Gasteiger charge is -2.34. The van der Waals surface area contributed by atoms with Gasteiger partial charge in [-0.1, -0.05) is 26.3 Å². The molecule has 0 amide bonds. The van der Waals surface area contributed by atoms with Crippen LogP contribution in [0.5, 0.6) is 0 Å². The van der Waals surface area contributed by atoms with Crippen molar-refractivity contribution in [3.05, 3.63) is 52.7 Å². The number of esters is 4. The lowest BCUT2D eigenvalue weighted by molar-refractivity contribution is -0.919. The fourth-order valence-electron chi connectivity index (χ4n) is 4.35. The van der Waals surface area contributed by atoms with E-state index in [0.717, 1.165) is 4.13 Å². The molecule has 0 aromatic carbocycles. The second-order valence-electron chi connectivity index (χ2n) is 12.8. The highest BCUT2D eigenvalue weighted by atomic mass is 32.3. The van der Waals surface area contributed by atoms with Gasteiger partial charge in [-0.2, -0.15) is 26.3 Å². The molecule has 0 radical (unpaired) electrons. The van der Waals surface area contributed by atoms with Crippen LogP contribution in [-0.4, -0.2) is 161 Å². The number of sulfonamides is 2. The summed E-state index contributed by atoms with van der Waals surface area (Å²) in [7, 11) is -13.4. The Kier molecular flexibility index (Phi) is 24.1. The molecule has 1 aliphatic rings. The van der Waals surface area contributed by atoms with Crippen molar-refractivity contribution in [3.63, 3.8) is 0 Å². The third kappa shape index (κ3) is 21.6. The smallest absolute Gasteiger partial charge is 0.460 e. The van der Waals surface area contributed by atoms with Crippen molar-refractivity contribution in [1.82, 2.24) is 0 Å². The highest BCUT2D eigenvalue weighted by molar-refractivity contribution is 8.13. The SMILES string of the molecule is C=C(C)C(=O)OCCOCC[N+]1(CCOCCOC(=O)C(=C)C)CC(OCCOC(=O)C(=C)C)C(OCCOC(=O)C(=C)C)C1.O=S(=O)([N-]S(=O)(=O)C(F)(F)F)C(F)(F)F. The maximum absolute atomic E-state index is 11.8. The maximum Gasteiger partial charge on any atom is 0.480 e. The molecule has 1 saturated heterocycles. The first-order valence-corrected chi connectivity index (χ1v) is 20.3. The zero-order chi connectivity index (χ0) is 46.5. The highest BCUT2D eigenvalue weighted by Crippen LogP contribution is 2.36. The third-order valence-electron chi connectivity index (χ3n) is 7.36. The lowest BCUT2D eigenvalue weighted by Crippen LogP contribution is -2.51. The van der Waals surface area contributed by atoms with Gasteiger partial charge in [0, 0.05) is 22.3 Å². The first kappa shape index (κ1) is 56.1. The van der Waals surface area contributed by atoms with Gasteiger partial charge in [-0.05, 0) is 27.7 Å². The van der Waals surface area contributed by atoms with E-state index in [2.05, 4.69) is 26.3 Å². The quantitative estimate of drug-likeness (QED) is 0.0303. The van der Waals surface area contributed by atoms with Crippen LogP contribution in [0.1, 0.15) is 27.7 Å². The van der Waals surface area contributed by atoms with Crippen molar-refractivity contribution in [3.8, 4) is 0 Å². The summed E-state index contributed by atoms with van der Waals surface area (Å²) in [6, 6.07) is 0. The molecule has 0 N–H and O–H groups in total. The van der Waals surface area contributed by atoms with Crippen LogP contribution in [0.3, 0.4) is 0 Å². The Morgan fingerprint density at radius 3 is 1.03 bits per heavy atom. The number of carbonyl (C=O) groups excluding carboxylic acids is 4. The van der Waals surface area contributed by atoms with Gasteiger partial charge in [0.05, 0.1) is 39.6 Å². The summed E-state index contributed by atoms with van der Waals surface area (Å²) in [6.07, 6.45) is -0.753. The van der Waals surface area contributed by atoms with Crippen molar-refractivity contribution < 1.29 is 105 Å². The average molecular weight is 921 g/mol. The molecule has 0 saturated carbocycles. The summed E-state index contributed by atoms with van der Waals surface area (Å²) in [4.78, 5) is 46.8. The number of hydrogen-bond donors (Lipinski definition) is 0. The second-order valence-corrected chi connectivity index (χ2v) is 16.2. The molecule has 0 bridgehead atoms. The molecular weight excluding hydrogens is 870 g/mol. The summed E-state index contributed by atoms with van der Waals surface area (Å²) in [5, 5.41) is 0. The van der Waals surface area contributed by atoms with E-state index in [1.54, 1.807) is 27.7 Å². The molecule has 0 aromatic heterocycles. The average Bonchev–Trinajstić information content (AvgIpc) is 3.46. The van der Waals surface area contributed by atoms with Crippen LogP contribution in [0.2, 0.25) is 0 Å². The minimum absolute atomic E-state index is 0.0448. The summed E-state index contributed by atoms with van der Waals surface area (Å²) in [5.74, 6) is -1.95. The summed E-state index contributed by atoms with van der Waals surface area (Å²) in [5.41, 5.74) is -11.2. The standard InChI is InChI=1S/C32H50NO12.C2F6NO4S2/c1-23(2)29(34)42-15-13-38-11-9-33(10-12-39-14-16-43-30(35)24(3)4)21-27(40-17-19-44-31(36)25(5)6)28(22-33)41-18-20-45-32(37)26(7)8;3-1(4,5)14(10,11)9-15(12,13)2(6,7)8/h27-28H,1,3,5,7,9-22H2,2,4,6,8H3;/q+1;-1. The van der Waals surface area contributed by atoms with Gasteiger partial charge in [0.1, 0.15) is 64.8 Å². The fraction of sp³-hybridized carbons (Fsp3) is 0.647. The van der Waals surface area contributed by atoms with E-state index < -0.39 is 54.9 Å². The number of quaternary nitrogens is 1. The van der Waals surface area contributed by atoms with E-state index in [1.165, 1.54) is 0 Å². The summed E-state index contributed by atoms with van der Waals surface area (Å²) < 4.78 is 154. The van der Waals surface area contributed by atoms with Crippen molar-refractivity contribution in [1.29, 1.82) is 0 Å². The van der Waals surface area contributed by atoms with Crippen LogP contribution in [0, 0.1) is 0 Å². The number of hydrogen-bond acceptors (Lipinski definition) is 16. The molecule has 18 nitrogen and oxygen atoms in total. The van der Waals surface area contributed by atoms with E-state index in [4.69, 9.17) is 37.9 Å². The van der Waals surface area contributed by atoms with Gasteiger partial charge in [-0.3, -0.25) is 0 Å². The molecule has 0 aromatic rings. The highest BCUT2D eigenvalue weighted by Gasteiger charge is 2.48. The van der Waals surface area contributed by atoms with Crippen LogP contribution in [0.4, 0.5) is 26.3 Å². The molecule has 1 aliphatic heterocycles. The fourth-order valence-corrected chi connectivity index (χ4v) is 6.06. The lowest BCUT2D eigenvalue weighted by atomic mass is 10.2. The van der Waals surface area contributed by atoms with Gasteiger partial charge < -0.3 is 46.5 Å². The number of ether oxygens (including phenoxy) is 8. The Hall–Kier alpha value is -3.92. The largest absolute Gasteiger partial charge is 0.480 e. The summed E-state index contributed by atoms with van der Waals surface area (Å²) in [6.45, 7) is 24.4. The van der Waals surface area contributed by atoms with E-state index in [0.29, 0.717) is 66.2 Å². The van der Waals surface area contributed by atoms with Gasteiger partial charge in [0.25, 0.3) is 0 Å². The molecule has 2 unspecified atom stereocenters. The Labute approximate surface area is 344 Å². The number of likely N-dealkylation sites (tertiary alicyclic amines) is 1. The predicted molar refractivity (Wildman–Crippen MR) is 197 cm³/mol. The molecular formula is C34H50F6N2O16S2. The second kappa shape index (κ2) is 25.8. The Morgan fingerprint density at radius 1 is 0.517 bits per heavy atom. The van der Waals surface area contributed by atoms with Crippen LogP contribution < -0.4 is 0 Å². The molecule has 60 heavy (non-hydrogen) atoms. The molecule has 346 valence electrons. The molecule has 1 rings (SSSR count). The molecule has 1 fully saturated rings. The van der Waals surface area contributed by atoms with Gasteiger partial charge in [-0.25, -0.2) is 36.0 Å². The van der Waals surface area contributed by atoms with Gasteiger partial charge >= 0.3 is 34.9 Å². The monoisotopic (exact) mass is 920 g/mol. The zero-order valence-electron chi connectivity index (χ0n) is 33.4. The van der Waals surface area contributed by atoms with Gasteiger partial charge in [0.2, 0.25) is 0 Å². The molecule has 26 heteroatoms. The molecule has 0 spiro atoms. The van der Waals surface area contributed by atoms with Crippen molar-refractivity contribution in [2.45, 2.75) is 50.9 Å². The topological polar surface area (TPSA) is 224 Å². The first-order valence-electron chi connectivity index (χ1n) is 17.4. The Bertz CT molecular complexity index is 1610. The minimum Gasteiger partial charge on any atom is -0.460 e. The van der Waals surface area contributed by atoms with E-state index in [-0.39, 0.29) is 65.1 Å². The van der Waals surface area contributed by atoms with Gasteiger partial charge in [-0.15, -0.1) is 0 Å². The summed E-state index contributed by atoms with van der Waals surface area (Å²) >= 11 is 0. The predicted octanol–water partition coefficient (Wildman–Crippen LogP) is 3.16. The van der Waals surface area contributed by atoms with E-state index in [1.807, 2.05) is 0 Å². The molecule has 0 aliphatic carbocycles. The van der Waals surface area contributed by atoms with Crippen molar-refractivity contribution in [2.75, 3.05) is 92.2 Å². The zero-order valence-corrected chi connectivity index (χ0v) is 35.0. The number of carbonyl (C=O) groups is 4. The van der Waals surface area contributed by atoms with Crippen molar-refractivity contribution >= 4 is 43.9 Å². The van der Waals surface area contributed by atoms with Crippen LogP contribution in [-0.2, 0) is 77.1 Å². The normalized spacial score (nSPS) is 16.4. The third-order valence-corrected chi connectivity index (χ3v) is 10.1. The minimum atomic E-state index is -6.72. The number of halogens is 6.